The number of rotatable bonds is 1. The third-order valence-electron chi connectivity index (χ3n) is 6.51. The number of Topliss-reactive ketones (excluding diaryl/α,β-unsaturated/α-hetero) is 1. The maximum absolute atomic E-state index is 13.3. The molecule has 0 unspecified atom stereocenters. The Balaban J connectivity index is 1.68. The number of nitrogens with zero attached hydrogens (tertiary/aromatic N) is 1. The molecule has 1 saturated carbocycles. The summed E-state index contributed by atoms with van der Waals surface area (Å²) in [5, 5.41) is 0. The molecule has 4 heteroatoms. The van der Waals surface area contributed by atoms with Crippen molar-refractivity contribution in [2.24, 2.45) is 11.8 Å². The Labute approximate surface area is 151 Å². The van der Waals surface area contributed by atoms with Crippen LogP contribution in [0.15, 0.2) is 42.5 Å². The summed E-state index contributed by atoms with van der Waals surface area (Å²) in [5.74, 6) is -1.90. The fraction of sp³-hybridized carbons (Fsp3) is 0.318. The zero-order chi connectivity index (χ0) is 18.2. The summed E-state index contributed by atoms with van der Waals surface area (Å²) in [7, 11) is 0. The van der Waals surface area contributed by atoms with Crippen molar-refractivity contribution >= 4 is 23.3 Å². The summed E-state index contributed by atoms with van der Waals surface area (Å²) in [6.07, 6.45) is 0.364. The van der Waals surface area contributed by atoms with Gasteiger partial charge in [0.2, 0.25) is 11.8 Å². The van der Waals surface area contributed by atoms with E-state index in [-0.39, 0.29) is 23.5 Å². The average Bonchev–Trinajstić information content (AvgIpc) is 2.90. The largest absolute Gasteiger partial charge is 0.299 e. The van der Waals surface area contributed by atoms with Crippen LogP contribution in [-0.4, -0.2) is 17.6 Å². The van der Waals surface area contributed by atoms with Gasteiger partial charge in [0.1, 0.15) is 5.78 Å². The second kappa shape index (κ2) is 5.13. The van der Waals surface area contributed by atoms with E-state index >= 15 is 0 Å². The molecule has 2 aromatic rings. The average molecular weight is 345 g/mol. The highest BCUT2D eigenvalue weighted by Gasteiger charge is 2.62. The Hall–Kier alpha value is -2.75. The van der Waals surface area contributed by atoms with Crippen LogP contribution < -0.4 is 4.90 Å². The van der Waals surface area contributed by atoms with Crippen molar-refractivity contribution in [1.29, 1.82) is 0 Å². The lowest BCUT2D eigenvalue weighted by Crippen LogP contribution is -2.44. The molecule has 4 atom stereocenters. The topological polar surface area (TPSA) is 54.5 Å². The molecule has 1 aliphatic heterocycles. The number of carbonyl (C=O) groups excluding carboxylic acids is 3. The van der Waals surface area contributed by atoms with E-state index < -0.39 is 17.8 Å². The summed E-state index contributed by atoms with van der Waals surface area (Å²) in [5.41, 5.74) is 4.65. The molecule has 130 valence electrons. The minimum atomic E-state index is -0.552. The maximum atomic E-state index is 13.3. The number of carbonyl (C=O) groups is 3. The van der Waals surface area contributed by atoms with Crippen LogP contribution in [0.4, 0.5) is 5.69 Å². The van der Waals surface area contributed by atoms with E-state index in [9.17, 15) is 14.4 Å². The lowest BCUT2D eigenvalue weighted by molar-refractivity contribution is -0.134. The number of aryl methyl sites for hydroxylation is 1. The first-order chi connectivity index (χ1) is 12.5. The standard InChI is InChI=1S/C22H19NO3/c1-11-6-5-9-16(12(11)2)23-21(25)19-15-10-17(24)18(20(19)22(23)26)14-8-4-3-7-13(14)15/h3-9,15,18-20H,10H2,1-2H3/t15-,18+,19+,20-/m0/s1. The molecule has 2 aromatic carbocycles. The Morgan fingerprint density at radius 2 is 1.54 bits per heavy atom. The summed E-state index contributed by atoms with van der Waals surface area (Å²) in [6.45, 7) is 3.90. The summed E-state index contributed by atoms with van der Waals surface area (Å²) in [6, 6.07) is 13.5. The van der Waals surface area contributed by atoms with Crippen LogP contribution in [0.2, 0.25) is 0 Å². The third-order valence-corrected chi connectivity index (χ3v) is 6.51. The number of imide groups is 1. The number of benzene rings is 2. The molecule has 4 nitrogen and oxygen atoms in total. The number of hydrogen-bond donors (Lipinski definition) is 0. The van der Waals surface area contributed by atoms with E-state index in [1.54, 1.807) is 0 Å². The van der Waals surface area contributed by atoms with Crippen molar-refractivity contribution in [3.05, 3.63) is 64.7 Å². The summed E-state index contributed by atoms with van der Waals surface area (Å²) < 4.78 is 0. The van der Waals surface area contributed by atoms with Crippen molar-refractivity contribution < 1.29 is 14.4 Å². The van der Waals surface area contributed by atoms with Gasteiger partial charge in [-0.05, 0) is 42.2 Å². The van der Waals surface area contributed by atoms with Gasteiger partial charge in [0.15, 0.2) is 0 Å². The smallest absolute Gasteiger partial charge is 0.238 e. The zero-order valence-electron chi connectivity index (χ0n) is 14.7. The lowest BCUT2D eigenvalue weighted by atomic mass is 9.56. The van der Waals surface area contributed by atoms with Crippen molar-refractivity contribution in [3.8, 4) is 0 Å². The van der Waals surface area contributed by atoms with E-state index in [1.165, 1.54) is 4.90 Å². The van der Waals surface area contributed by atoms with Gasteiger partial charge in [-0.2, -0.15) is 0 Å². The Morgan fingerprint density at radius 1 is 0.846 bits per heavy atom. The normalized spacial score (nSPS) is 29.2. The quantitative estimate of drug-likeness (QED) is 0.746. The highest BCUT2D eigenvalue weighted by molar-refractivity contribution is 6.25. The predicted octanol–water partition coefficient (Wildman–Crippen LogP) is 3.26. The Morgan fingerprint density at radius 3 is 2.31 bits per heavy atom. The molecule has 1 saturated heterocycles. The van der Waals surface area contributed by atoms with Crippen molar-refractivity contribution in [1.82, 2.24) is 0 Å². The van der Waals surface area contributed by atoms with E-state index in [0.717, 1.165) is 22.3 Å². The number of fused-ring (bicyclic) bond motifs is 1. The predicted molar refractivity (Wildman–Crippen MR) is 96.9 cm³/mol. The first kappa shape index (κ1) is 15.5. The fourth-order valence-corrected chi connectivity index (χ4v) is 5.17. The molecule has 0 radical (unpaired) electrons. The summed E-state index contributed by atoms with van der Waals surface area (Å²) in [4.78, 5) is 40.7. The minimum Gasteiger partial charge on any atom is -0.299 e. The van der Waals surface area contributed by atoms with Gasteiger partial charge < -0.3 is 0 Å². The van der Waals surface area contributed by atoms with E-state index in [2.05, 4.69) is 0 Å². The van der Waals surface area contributed by atoms with Crippen LogP contribution >= 0.6 is 0 Å². The molecule has 3 aliphatic carbocycles. The van der Waals surface area contributed by atoms with Crippen molar-refractivity contribution in [2.45, 2.75) is 32.1 Å². The molecule has 0 spiro atoms. The van der Waals surface area contributed by atoms with Gasteiger partial charge in [0.05, 0.1) is 23.4 Å². The van der Waals surface area contributed by atoms with Crippen LogP contribution in [0.1, 0.15) is 40.5 Å². The highest BCUT2D eigenvalue weighted by Crippen LogP contribution is 2.57. The van der Waals surface area contributed by atoms with Gasteiger partial charge in [-0.3, -0.25) is 14.4 Å². The van der Waals surface area contributed by atoms with E-state index in [4.69, 9.17) is 0 Å². The number of ketones is 1. The SMILES string of the molecule is Cc1cccc(N2C(=O)[C@@H]3[C@H](C2=O)[C@H]2CC(=O)[C@H]3c3ccccc32)c1C. The molecule has 4 aliphatic rings. The lowest BCUT2D eigenvalue weighted by Gasteiger charge is -2.43. The van der Waals surface area contributed by atoms with Gasteiger partial charge in [0, 0.05) is 12.3 Å². The van der Waals surface area contributed by atoms with Crippen LogP contribution in [-0.2, 0) is 14.4 Å². The first-order valence-electron chi connectivity index (χ1n) is 9.06. The molecular formula is C22H19NO3. The van der Waals surface area contributed by atoms with E-state index in [1.807, 2.05) is 56.3 Å². The number of amides is 2. The van der Waals surface area contributed by atoms with Gasteiger partial charge in [0.25, 0.3) is 0 Å². The minimum absolute atomic E-state index is 0.0962. The molecule has 1 heterocycles. The maximum Gasteiger partial charge on any atom is 0.238 e. The molecule has 6 rings (SSSR count). The molecular weight excluding hydrogens is 326 g/mol. The molecule has 0 N–H and O–H groups in total. The fourth-order valence-electron chi connectivity index (χ4n) is 5.17. The zero-order valence-corrected chi connectivity index (χ0v) is 14.7. The monoisotopic (exact) mass is 345 g/mol. The Bertz CT molecular complexity index is 993. The van der Waals surface area contributed by atoms with Gasteiger partial charge in [-0.25, -0.2) is 4.90 Å². The van der Waals surface area contributed by atoms with Gasteiger partial charge >= 0.3 is 0 Å². The van der Waals surface area contributed by atoms with Gasteiger partial charge in [-0.1, -0.05) is 36.4 Å². The van der Waals surface area contributed by atoms with Gasteiger partial charge in [-0.15, -0.1) is 0 Å². The molecule has 26 heavy (non-hydrogen) atoms. The molecule has 2 amide bonds. The van der Waals surface area contributed by atoms with E-state index in [0.29, 0.717) is 12.1 Å². The third kappa shape index (κ3) is 1.77. The molecule has 2 bridgehead atoms. The van der Waals surface area contributed by atoms with Crippen LogP contribution in [0.25, 0.3) is 0 Å². The van der Waals surface area contributed by atoms with Crippen molar-refractivity contribution in [3.63, 3.8) is 0 Å². The second-order valence-electron chi connectivity index (χ2n) is 7.67. The highest BCUT2D eigenvalue weighted by atomic mass is 16.2. The number of anilines is 1. The van der Waals surface area contributed by atoms with Crippen molar-refractivity contribution in [2.75, 3.05) is 4.90 Å². The number of hydrogen-bond acceptors (Lipinski definition) is 3. The molecule has 2 fully saturated rings. The summed E-state index contributed by atoms with van der Waals surface area (Å²) >= 11 is 0. The second-order valence-corrected chi connectivity index (χ2v) is 7.67. The first-order valence-corrected chi connectivity index (χ1v) is 9.06. The van der Waals surface area contributed by atoms with Crippen LogP contribution in [0.3, 0.4) is 0 Å². The van der Waals surface area contributed by atoms with Crippen LogP contribution in [0, 0.1) is 25.7 Å². The van der Waals surface area contributed by atoms with Crippen LogP contribution in [0.5, 0.6) is 0 Å². The molecule has 0 aromatic heterocycles. The Kier molecular flexibility index (Phi) is 3.06.